The van der Waals surface area contributed by atoms with E-state index in [2.05, 4.69) is 0 Å². The summed E-state index contributed by atoms with van der Waals surface area (Å²) in [6, 6.07) is 0.0197. The van der Waals surface area contributed by atoms with Gasteiger partial charge in [0.2, 0.25) is 5.91 Å². The zero-order chi connectivity index (χ0) is 7.56. The number of hydrogen-bond donors (Lipinski definition) is 2. The largest absolute Gasteiger partial charge is 0.369 e. The van der Waals surface area contributed by atoms with Gasteiger partial charge in [-0.3, -0.25) is 4.79 Å². The lowest BCUT2D eigenvalue weighted by molar-refractivity contribution is -0.123. The van der Waals surface area contributed by atoms with Crippen LogP contribution in [0.4, 0.5) is 0 Å². The highest BCUT2D eigenvalue weighted by atomic mass is 35.5. The molecule has 4 N–H and O–H groups in total. The molecular weight excluding hydrogens is 164 g/mol. The van der Waals surface area contributed by atoms with Crippen LogP contribution in [0.3, 0.4) is 0 Å². The molecule has 11 heavy (non-hydrogen) atoms. The van der Waals surface area contributed by atoms with Crippen molar-refractivity contribution in [3.63, 3.8) is 0 Å². The Hall–Kier alpha value is -0.280. The third-order valence-corrected chi connectivity index (χ3v) is 2.18. The van der Waals surface area contributed by atoms with E-state index in [1.807, 2.05) is 0 Å². The summed E-state index contributed by atoms with van der Waals surface area (Å²) in [4.78, 5) is 10.7. The van der Waals surface area contributed by atoms with E-state index in [0.29, 0.717) is 0 Å². The molecule has 0 aromatic carbocycles. The molecule has 0 radical (unpaired) electrons. The van der Waals surface area contributed by atoms with Gasteiger partial charge >= 0.3 is 0 Å². The van der Waals surface area contributed by atoms with Gasteiger partial charge in [-0.05, 0) is 12.8 Å². The van der Waals surface area contributed by atoms with Crippen molar-refractivity contribution in [3.05, 3.63) is 0 Å². The van der Waals surface area contributed by atoms with Crippen LogP contribution in [0.25, 0.3) is 0 Å². The van der Waals surface area contributed by atoms with Crippen LogP contribution in [0.15, 0.2) is 0 Å². The third kappa shape index (κ3) is 2.67. The Morgan fingerprint density at radius 3 is 2.18 bits per heavy atom. The standard InChI is InChI=1S/C7H14N2O.ClH/c8-6-4-2-1-3-5(6)7(9)10;/h5-6H,1-4,8H2,(H2,9,10);1H/t5-,6-;/m1./s1. The summed E-state index contributed by atoms with van der Waals surface area (Å²) in [6.45, 7) is 0. The lowest BCUT2D eigenvalue weighted by Gasteiger charge is -2.25. The first-order valence-electron chi connectivity index (χ1n) is 3.76. The molecule has 2 atom stereocenters. The van der Waals surface area contributed by atoms with E-state index in [9.17, 15) is 4.79 Å². The van der Waals surface area contributed by atoms with E-state index in [4.69, 9.17) is 11.5 Å². The summed E-state index contributed by atoms with van der Waals surface area (Å²) in [5, 5.41) is 0. The molecular formula is C7H15ClN2O. The van der Waals surface area contributed by atoms with Gasteiger partial charge in [-0.25, -0.2) is 0 Å². The SMILES string of the molecule is Cl.NC(=O)[C@@H]1CCCC[C@H]1N. The number of hydrogen-bond acceptors (Lipinski definition) is 2. The molecule has 1 saturated carbocycles. The molecule has 1 aliphatic carbocycles. The first-order valence-corrected chi connectivity index (χ1v) is 3.76. The molecule has 3 nitrogen and oxygen atoms in total. The maximum absolute atomic E-state index is 10.7. The molecule has 0 aromatic heterocycles. The summed E-state index contributed by atoms with van der Waals surface area (Å²) in [5.74, 6) is -0.291. The van der Waals surface area contributed by atoms with E-state index in [-0.39, 0.29) is 30.3 Å². The predicted molar refractivity (Wildman–Crippen MR) is 46.4 cm³/mol. The molecule has 0 heterocycles. The average molecular weight is 179 g/mol. The van der Waals surface area contributed by atoms with Crippen LogP contribution in [-0.2, 0) is 4.79 Å². The number of halogens is 1. The van der Waals surface area contributed by atoms with Crippen molar-refractivity contribution in [2.45, 2.75) is 31.7 Å². The predicted octanol–water partition coefficient (Wildman–Crippen LogP) is 0.411. The van der Waals surface area contributed by atoms with Crippen molar-refractivity contribution in [1.29, 1.82) is 0 Å². The molecule has 66 valence electrons. The van der Waals surface area contributed by atoms with Crippen LogP contribution >= 0.6 is 12.4 Å². The van der Waals surface area contributed by atoms with Gasteiger partial charge in [0.1, 0.15) is 0 Å². The summed E-state index contributed by atoms with van der Waals surface area (Å²) < 4.78 is 0. The maximum Gasteiger partial charge on any atom is 0.222 e. The van der Waals surface area contributed by atoms with Gasteiger partial charge in [0, 0.05) is 6.04 Å². The number of carbonyl (C=O) groups excluding carboxylic acids is 1. The normalized spacial score (nSPS) is 30.6. The Morgan fingerprint density at radius 1 is 1.27 bits per heavy atom. The second-order valence-corrected chi connectivity index (χ2v) is 2.96. The van der Waals surface area contributed by atoms with Crippen LogP contribution in [0, 0.1) is 5.92 Å². The van der Waals surface area contributed by atoms with Gasteiger partial charge in [0.05, 0.1) is 5.92 Å². The quantitative estimate of drug-likeness (QED) is 0.611. The van der Waals surface area contributed by atoms with Gasteiger partial charge < -0.3 is 11.5 Å². The highest BCUT2D eigenvalue weighted by Gasteiger charge is 2.25. The van der Waals surface area contributed by atoms with Gasteiger partial charge in [0.25, 0.3) is 0 Å². The van der Waals surface area contributed by atoms with E-state index >= 15 is 0 Å². The van der Waals surface area contributed by atoms with Crippen LogP contribution < -0.4 is 11.5 Å². The van der Waals surface area contributed by atoms with Crippen LogP contribution in [0.1, 0.15) is 25.7 Å². The van der Waals surface area contributed by atoms with Crippen molar-refractivity contribution in [2.24, 2.45) is 17.4 Å². The molecule has 0 aliphatic heterocycles. The Balaban J connectivity index is 0.000001000. The Morgan fingerprint density at radius 2 is 1.82 bits per heavy atom. The molecule has 4 heteroatoms. The smallest absolute Gasteiger partial charge is 0.222 e. The van der Waals surface area contributed by atoms with E-state index in [1.165, 1.54) is 0 Å². The Bertz CT molecular complexity index is 140. The van der Waals surface area contributed by atoms with Gasteiger partial charge in [-0.1, -0.05) is 12.8 Å². The zero-order valence-electron chi connectivity index (χ0n) is 6.45. The summed E-state index contributed by atoms with van der Waals surface area (Å²) in [7, 11) is 0. The van der Waals surface area contributed by atoms with Crippen molar-refractivity contribution < 1.29 is 4.79 Å². The lowest BCUT2D eigenvalue weighted by atomic mass is 9.85. The first-order chi connectivity index (χ1) is 4.72. The Kier molecular flexibility index (Phi) is 4.45. The maximum atomic E-state index is 10.7. The lowest BCUT2D eigenvalue weighted by Crippen LogP contribution is -2.41. The number of amides is 1. The number of carbonyl (C=O) groups is 1. The van der Waals surface area contributed by atoms with Crippen LogP contribution in [-0.4, -0.2) is 11.9 Å². The number of primary amides is 1. The minimum atomic E-state index is -0.229. The van der Waals surface area contributed by atoms with Crippen molar-refractivity contribution in [2.75, 3.05) is 0 Å². The van der Waals surface area contributed by atoms with Gasteiger partial charge in [0.15, 0.2) is 0 Å². The second kappa shape index (κ2) is 4.57. The van der Waals surface area contributed by atoms with Crippen LogP contribution in [0.2, 0.25) is 0 Å². The third-order valence-electron chi connectivity index (χ3n) is 2.18. The molecule has 1 amide bonds. The highest BCUT2D eigenvalue weighted by Crippen LogP contribution is 2.22. The summed E-state index contributed by atoms with van der Waals surface area (Å²) in [5.41, 5.74) is 10.8. The topological polar surface area (TPSA) is 69.1 Å². The first kappa shape index (κ1) is 10.7. The fourth-order valence-corrected chi connectivity index (χ4v) is 1.51. The molecule has 0 bridgehead atoms. The average Bonchev–Trinajstić information content (AvgIpc) is 1.88. The fourth-order valence-electron chi connectivity index (χ4n) is 1.51. The summed E-state index contributed by atoms with van der Waals surface area (Å²) in [6.07, 6.45) is 4.08. The monoisotopic (exact) mass is 178 g/mol. The van der Waals surface area contributed by atoms with E-state index in [1.54, 1.807) is 0 Å². The highest BCUT2D eigenvalue weighted by molar-refractivity contribution is 5.85. The van der Waals surface area contributed by atoms with Crippen molar-refractivity contribution in [1.82, 2.24) is 0 Å². The molecule has 1 aliphatic rings. The molecule has 0 aromatic rings. The van der Waals surface area contributed by atoms with E-state index in [0.717, 1.165) is 25.7 Å². The molecule has 1 fully saturated rings. The molecule has 0 spiro atoms. The van der Waals surface area contributed by atoms with Crippen molar-refractivity contribution in [3.8, 4) is 0 Å². The second-order valence-electron chi connectivity index (χ2n) is 2.96. The fraction of sp³-hybridized carbons (Fsp3) is 0.857. The van der Waals surface area contributed by atoms with E-state index < -0.39 is 0 Å². The van der Waals surface area contributed by atoms with Crippen molar-refractivity contribution >= 4 is 18.3 Å². The minimum Gasteiger partial charge on any atom is -0.369 e. The minimum absolute atomic E-state index is 0. The summed E-state index contributed by atoms with van der Waals surface area (Å²) >= 11 is 0. The molecule has 0 unspecified atom stereocenters. The number of nitrogens with two attached hydrogens (primary N) is 2. The molecule has 1 rings (SSSR count). The van der Waals surface area contributed by atoms with Crippen LogP contribution in [0.5, 0.6) is 0 Å². The Labute approximate surface area is 72.9 Å². The number of rotatable bonds is 1. The van der Waals surface area contributed by atoms with Gasteiger partial charge in [-0.2, -0.15) is 0 Å². The molecule has 0 saturated heterocycles. The zero-order valence-corrected chi connectivity index (χ0v) is 7.27. The van der Waals surface area contributed by atoms with Gasteiger partial charge in [-0.15, -0.1) is 12.4 Å².